The fourth-order valence-corrected chi connectivity index (χ4v) is 3.00. The van der Waals surface area contributed by atoms with Crippen molar-refractivity contribution in [2.45, 2.75) is 20.8 Å². The van der Waals surface area contributed by atoms with Gasteiger partial charge < -0.3 is 14.6 Å². The van der Waals surface area contributed by atoms with Gasteiger partial charge in [0.2, 0.25) is 0 Å². The Morgan fingerprint density at radius 3 is 2.59 bits per heavy atom. The minimum absolute atomic E-state index is 0.0702. The number of ketones is 1. The highest BCUT2D eigenvalue weighted by molar-refractivity contribution is 6.25. The van der Waals surface area contributed by atoms with Crippen LogP contribution in [0.5, 0.6) is 5.75 Å². The van der Waals surface area contributed by atoms with E-state index in [1.54, 1.807) is 26.8 Å². The maximum absolute atomic E-state index is 12.8. The number of aromatic nitrogens is 1. The standard InChI is InChI=1S/C19H18N2O6/c1-4-26-18(24)11-7-20-14-10(16(11)22)6-9(3)13-15(14)21-8-12(17(13)23)19(25)27-5-2/h6-8,12H,4-5H2,1-3H3,(H,20,22). The van der Waals surface area contributed by atoms with E-state index in [4.69, 9.17) is 9.47 Å². The van der Waals surface area contributed by atoms with E-state index in [1.165, 1.54) is 12.4 Å². The molecule has 1 aromatic carbocycles. The lowest BCUT2D eigenvalue weighted by Crippen LogP contribution is -2.30. The van der Waals surface area contributed by atoms with Crippen LogP contribution in [0.25, 0.3) is 10.9 Å². The van der Waals surface area contributed by atoms with E-state index in [-0.39, 0.29) is 46.7 Å². The third-order valence-electron chi connectivity index (χ3n) is 4.22. The first-order valence-corrected chi connectivity index (χ1v) is 8.48. The average molecular weight is 370 g/mol. The molecule has 0 bridgehead atoms. The second kappa shape index (κ2) is 7.14. The molecule has 0 saturated carbocycles. The van der Waals surface area contributed by atoms with E-state index in [9.17, 15) is 19.5 Å². The molecule has 2 heterocycles. The second-order valence-electron chi connectivity index (χ2n) is 5.93. The summed E-state index contributed by atoms with van der Waals surface area (Å²) in [5.74, 6) is -3.19. The normalized spacial score (nSPS) is 15.5. The molecule has 2 aromatic rings. The van der Waals surface area contributed by atoms with Gasteiger partial charge in [0.15, 0.2) is 11.7 Å². The van der Waals surface area contributed by atoms with Gasteiger partial charge in [-0.25, -0.2) is 4.79 Å². The van der Waals surface area contributed by atoms with Crippen LogP contribution in [0.1, 0.15) is 40.1 Å². The number of pyridine rings is 1. The highest BCUT2D eigenvalue weighted by Gasteiger charge is 2.34. The molecule has 8 nitrogen and oxygen atoms in total. The second-order valence-corrected chi connectivity index (χ2v) is 5.93. The van der Waals surface area contributed by atoms with Crippen molar-refractivity contribution in [3.8, 4) is 5.75 Å². The predicted molar refractivity (Wildman–Crippen MR) is 96.7 cm³/mol. The minimum Gasteiger partial charge on any atom is -0.506 e. The predicted octanol–water partition coefficient (Wildman–Crippen LogP) is 2.50. The molecule has 1 unspecified atom stereocenters. The number of aliphatic imine (C=N–C) groups is 1. The topological polar surface area (TPSA) is 115 Å². The maximum atomic E-state index is 12.8. The molecule has 27 heavy (non-hydrogen) atoms. The van der Waals surface area contributed by atoms with Gasteiger partial charge >= 0.3 is 11.9 Å². The number of hydrogen-bond acceptors (Lipinski definition) is 8. The zero-order chi connectivity index (χ0) is 19.7. The molecule has 0 amide bonds. The number of carbonyl (C=O) groups excluding carboxylic acids is 3. The van der Waals surface area contributed by atoms with Gasteiger partial charge in [0, 0.05) is 23.4 Å². The third kappa shape index (κ3) is 3.03. The van der Waals surface area contributed by atoms with Crippen LogP contribution in [0.3, 0.4) is 0 Å². The SMILES string of the molecule is CCOC(=O)c1cnc2c3c(c(C)cc2c1O)C(=O)C(C(=O)OCC)C=N3. The van der Waals surface area contributed by atoms with Crippen LogP contribution in [-0.2, 0) is 14.3 Å². The van der Waals surface area contributed by atoms with Crippen LogP contribution < -0.4 is 0 Å². The third-order valence-corrected chi connectivity index (χ3v) is 4.22. The van der Waals surface area contributed by atoms with Crippen molar-refractivity contribution in [3.63, 3.8) is 0 Å². The summed E-state index contributed by atoms with van der Waals surface area (Å²) in [5.41, 5.74) is 1.19. The first-order valence-electron chi connectivity index (χ1n) is 8.48. The van der Waals surface area contributed by atoms with Gasteiger partial charge in [0.25, 0.3) is 0 Å². The summed E-state index contributed by atoms with van der Waals surface area (Å²) in [6.45, 7) is 5.29. The fraction of sp³-hybridized carbons (Fsp3) is 0.316. The minimum atomic E-state index is -1.11. The summed E-state index contributed by atoms with van der Waals surface area (Å²) in [4.78, 5) is 45.2. The number of nitrogens with zero attached hydrogens (tertiary/aromatic N) is 2. The lowest BCUT2D eigenvalue weighted by molar-refractivity contribution is -0.144. The van der Waals surface area contributed by atoms with Crippen LogP contribution in [0, 0.1) is 12.8 Å². The highest BCUT2D eigenvalue weighted by atomic mass is 16.5. The molecule has 140 valence electrons. The smallest absolute Gasteiger partial charge is 0.343 e. The van der Waals surface area contributed by atoms with Crippen molar-refractivity contribution in [2.24, 2.45) is 10.9 Å². The largest absolute Gasteiger partial charge is 0.506 e. The van der Waals surface area contributed by atoms with E-state index >= 15 is 0 Å². The molecule has 1 atom stereocenters. The molecule has 8 heteroatoms. The molecule has 1 N–H and O–H groups in total. The van der Waals surface area contributed by atoms with Crippen LogP contribution >= 0.6 is 0 Å². The van der Waals surface area contributed by atoms with Gasteiger partial charge in [-0.1, -0.05) is 0 Å². The Bertz CT molecular complexity index is 996. The van der Waals surface area contributed by atoms with E-state index in [1.807, 2.05) is 0 Å². The van der Waals surface area contributed by atoms with Gasteiger partial charge in [0.1, 0.15) is 22.5 Å². The summed E-state index contributed by atoms with van der Waals surface area (Å²) in [7, 11) is 0. The Labute approximate surface area is 154 Å². The molecule has 0 aliphatic carbocycles. The van der Waals surface area contributed by atoms with E-state index in [0.29, 0.717) is 5.56 Å². The first kappa shape index (κ1) is 18.5. The molecule has 1 aliphatic heterocycles. The van der Waals surface area contributed by atoms with Gasteiger partial charge in [0.05, 0.1) is 13.2 Å². The van der Waals surface area contributed by atoms with Gasteiger partial charge in [-0.15, -0.1) is 0 Å². The first-order chi connectivity index (χ1) is 12.9. The zero-order valence-electron chi connectivity index (χ0n) is 15.1. The number of rotatable bonds is 4. The molecule has 0 spiro atoms. The Morgan fingerprint density at radius 2 is 1.93 bits per heavy atom. The summed E-state index contributed by atoms with van der Waals surface area (Å²) in [6, 6.07) is 1.54. The summed E-state index contributed by atoms with van der Waals surface area (Å²) >= 11 is 0. The van der Waals surface area contributed by atoms with Crippen molar-refractivity contribution in [3.05, 3.63) is 29.0 Å². The number of fused-ring (bicyclic) bond motifs is 3. The van der Waals surface area contributed by atoms with Gasteiger partial charge in [-0.3, -0.25) is 19.6 Å². The average Bonchev–Trinajstić information content (AvgIpc) is 2.63. The van der Waals surface area contributed by atoms with Crippen molar-refractivity contribution in [1.29, 1.82) is 0 Å². The maximum Gasteiger partial charge on any atom is 0.343 e. The molecule has 0 saturated heterocycles. The number of carbonyl (C=O) groups is 3. The monoisotopic (exact) mass is 370 g/mol. The number of Topliss-reactive ketones (excluding diaryl/α,β-unsaturated/α-hetero) is 1. The molecular formula is C19H18N2O6. The Morgan fingerprint density at radius 1 is 1.22 bits per heavy atom. The van der Waals surface area contributed by atoms with E-state index in [0.717, 1.165) is 0 Å². The van der Waals surface area contributed by atoms with E-state index in [2.05, 4.69) is 9.98 Å². The van der Waals surface area contributed by atoms with Crippen LogP contribution in [0.2, 0.25) is 0 Å². The van der Waals surface area contributed by atoms with E-state index < -0.39 is 23.6 Å². The molecule has 0 fully saturated rings. The number of aryl methyl sites for hydroxylation is 1. The zero-order valence-corrected chi connectivity index (χ0v) is 15.1. The molecule has 1 aromatic heterocycles. The number of hydrogen-bond donors (Lipinski definition) is 1. The summed E-state index contributed by atoms with van der Waals surface area (Å²) < 4.78 is 9.83. The quantitative estimate of drug-likeness (QED) is 0.649. The van der Waals surface area contributed by atoms with Crippen molar-refractivity contribution in [1.82, 2.24) is 4.98 Å². The molecule has 0 radical (unpaired) electrons. The van der Waals surface area contributed by atoms with Gasteiger partial charge in [-0.2, -0.15) is 0 Å². The lowest BCUT2D eigenvalue weighted by Gasteiger charge is -2.20. The number of aromatic hydroxyl groups is 1. The Kier molecular flexibility index (Phi) is 4.89. The van der Waals surface area contributed by atoms with Crippen LogP contribution in [-0.4, -0.2) is 47.2 Å². The van der Waals surface area contributed by atoms with Crippen LogP contribution in [0.4, 0.5) is 5.69 Å². The van der Waals surface area contributed by atoms with Crippen LogP contribution in [0.15, 0.2) is 17.3 Å². The summed E-state index contributed by atoms with van der Waals surface area (Å²) in [5, 5.41) is 10.8. The fourth-order valence-electron chi connectivity index (χ4n) is 3.00. The molecule has 1 aliphatic rings. The number of ether oxygens (including phenoxy) is 2. The number of esters is 2. The summed E-state index contributed by atoms with van der Waals surface area (Å²) in [6.07, 6.45) is 2.40. The highest BCUT2D eigenvalue weighted by Crippen LogP contribution is 2.39. The Hall–Kier alpha value is -3.29. The van der Waals surface area contributed by atoms with Crippen molar-refractivity contribution >= 4 is 40.5 Å². The number of benzene rings is 1. The molecular weight excluding hydrogens is 352 g/mol. The van der Waals surface area contributed by atoms with Crippen molar-refractivity contribution < 1.29 is 29.0 Å². The van der Waals surface area contributed by atoms with Gasteiger partial charge in [-0.05, 0) is 32.4 Å². The lowest BCUT2D eigenvalue weighted by atomic mass is 9.89. The molecule has 3 rings (SSSR count). The van der Waals surface area contributed by atoms with Crippen molar-refractivity contribution in [2.75, 3.05) is 13.2 Å². The Balaban J connectivity index is 2.17.